The van der Waals surface area contributed by atoms with E-state index in [-0.39, 0.29) is 25.5 Å². The maximum atomic E-state index is 11.2. The van der Waals surface area contributed by atoms with Crippen molar-refractivity contribution in [2.24, 2.45) is 0 Å². The number of aliphatic carboxylic acids is 1. The van der Waals surface area contributed by atoms with E-state index in [2.05, 4.69) is 16.0 Å². The molecule has 0 aliphatic rings. The fourth-order valence-electron chi connectivity index (χ4n) is 0.951. The number of ether oxygens (including phenoxy) is 1. The lowest BCUT2D eigenvalue weighted by molar-refractivity contribution is -0.139. The van der Waals surface area contributed by atoms with E-state index in [1.807, 2.05) is 0 Å². The number of hydrogen-bond acceptors (Lipinski definition) is 4. The van der Waals surface area contributed by atoms with Crippen LogP contribution in [0.1, 0.15) is 6.42 Å². The van der Waals surface area contributed by atoms with Gasteiger partial charge in [0.2, 0.25) is 5.91 Å². The summed E-state index contributed by atoms with van der Waals surface area (Å²) >= 11 is 0. The summed E-state index contributed by atoms with van der Waals surface area (Å²) in [7, 11) is 2.87. The molecule has 0 radical (unpaired) electrons. The van der Waals surface area contributed by atoms with Gasteiger partial charge in [-0.1, -0.05) is 0 Å². The third-order valence-electron chi connectivity index (χ3n) is 1.90. The second-order valence-corrected chi connectivity index (χ2v) is 3.17. The van der Waals surface area contributed by atoms with Crippen molar-refractivity contribution in [3.63, 3.8) is 0 Å². The molecule has 0 spiro atoms. The van der Waals surface area contributed by atoms with Gasteiger partial charge in [0.05, 0.1) is 6.54 Å². The molecule has 0 saturated heterocycles. The Hall–Kier alpha value is -1.83. The molecule has 0 bridgehead atoms. The number of methoxy groups -OCH3 is 1. The molecule has 0 fully saturated rings. The molecule has 8 heteroatoms. The molecule has 8 nitrogen and oxygen atoms in total. The zero-order chi connectivity index (χ0) is 13.3. The molecule has 98 valence electrons. The Morgan fingerprint density at radius 1 is 1.35 bits per heavy atom. The molecular weight excluding hydrogens is 230 g/mol. The molecule has 0 aromatic heterocycles. The first-order valence-corrected chi connectivity index (χ1v) is 4.98. The topological polar surface area (TPSA) is 117 Å². The number of rotatable bonds is 7. The van der Waals surface area contributed by atoms with Gasteiger partial charge >= 0.3 is 12.0 Å². The summed E-state index contributed by atoms with van der Waals surface area (Å²) in [4.78, 5) is 32.8. The van der Waals surface area contributed by atoms with Crippen LogP contribution in [0.2, 0.25) is 0 Å². The van der Waals surface area contributed by atoms with Crippen LogP contribution in [0.25, 0.3) is 0 Å². The Bertz CT molecular complexity index is 282. The molecule has 4 N–H and O–H groups in total. The van der Waals surface area contributed by atoms with Gasteiger partial charge < -0.3 is 25.8 Å². The molecule has 17 heavy (non-hydrogen) atoms. The number of carbonyl (C=O) groups excluding carboxylic acids is 2. The van der Waals surface area contributed by atoms with E-state index in [0.717, 1.165) is 0 Å². The fourth-order valence-corrected chi connectivity index (χ4v) is 0.951. The zero-order valence-corrected chi connectivity index (χ0v) is 9.78. The Morgan fingerprint density at radius 2 is 2.00 bits per heavy atom. The van der Waals surface area contributed by atoms with Crippen molar-refractivity contribution in [3.05, 3.63) is 0 Å². The minimum absolute atomic E-state index is 0.152. The fraction of sp³-hybridized carbons (Fsp3) is 0.667. The van der Waals surface area contributed by atoms with Crippen molar-refractivity contribution in [3.8, 4) is 0 Å². The summed E-state index contributed by atoms with van der Waals surface area (Å²) in [5, 5.41) is 15.6. The van der Waals surface area contributed by atoms with Gasteiger partial charge in [0, 0.05) is 27.2 Å². The van der Waals surface area contributed by atoms with Gasteiger partial charge in [0.1, 0.15) is 6.04 Å². The zero-order valence-electron chi connectivity index (χ0n) is 9.78. The van der Waals surface area contributed by atoms with Gasteiger partial charge in [-0.15, -0.1) is 0 Å². The van der Waals surface area contributed by atoms with E-state index in [1.165, 1.54) is 14.2 Å². The number of likely N-dealkylation sites (N-methyl/N-ethyl adjacent to an activating group) is 1. The SMILES string of the molecule is CNC(=O)CNC(=O)NC(CCOC)C(=O)O. The number of carboxylic acid groups (broad SMARTS) is 1. The summed E-state index contributed by atoms with van der Waals surface area (Å²) in [5.41, 5.74) is 0. The molecule has 0 aliphatic heterocycles. The molecule has 0 aliphatic carbocycles. The number of amides is 3. The first kappa shape index (κ1) is 15.2. The van der Waals surface area contributed by atoms with Crippen LogP contribution >= 0.6 is 0 Å². The number of hydrogen-bond donors (Lipinski definition) is 4. The largest absolute Gasteiger partial charge is 0.480 e. The van der Waals surface area contributed by atoms with Gasteiger partial charge in [-0.2, -0.15) is 0 Å². The molecule has 3 amide bonds. The van der Waals surface area contributed by atoms with Crippen LogP contribution in [-0.4, -0.2) is 56.4 Å². The Labute approximate surface area is 98.7 Å². The van der Waals surface area contributed by atoms with E-state index < -0.39 is 18.0 Å². The molecule has 0 aromatic rings. The Balaban J connectivity index is 4.03. The van der Waals surface area contributed by atoms with E-state index >= 15 is 0 Å². The highest BCUT2D eigenvalue weighted by Gasteiger charge is 2.19. The van der Waals surface area contributed by atoms with Crippen LogP contribution in [0.3, 0.4) is 0 Å². The molecule has 0 rings (SSSR count). The first-order valence-electron chi connectivity index (χ1n) is 4.98. The molecule has 0 heterocycles. The van der Waals surface area contributed by atoms with E-state index in [9.17, 15) is 14.4 Å². The van der Waals surface area contributed by atoms with E-state index in [0.29, 0.717) is 0 Å². The van der Waals surface area contributed by atoms with Crippen molar-refractivity contribution < 1.29 is 24.2 Å². The van der Waals surface area contributed by atoms with Crippen molar-refractivity contribution in [2.45, 2.75) is 12.5 Å². The van der Waals surface area contributed by atoms with E-state index in [1.54, 1.807) is 0 Å². The molecular formula is C9H17N3O5. The lowest BCUT2D eigenvalue weighted by atomic mass is 10.2. The van der Waals surface area contributed by atoms with Crippen molar-refractivity contribution in [1.29, 1.82) is 0 Å². The van der Waals surface area contributed by atoms with Gasteiger partial charge in [-0.25, -0.2) is 9.59 Å². The van der Waals surface area contributed by atoms with E-state index in [4.69, 9.17) is 9.84 Å². The highest BCUT2D eigenvalue weighted by atomic mass is 16.5. The van der Waals surface area contributed by atoms with Crippen molar-refractivity contribution in [2.75, 3.05) is 27.3 Å². The third-order valence-corrected chi connectivity index (χ3v) is 1.90. The van der Waals surface area contributed by atoms with Crippen LogP contribution in [0, 0.1) is 0 Å². The standard InChI is InChI=1S/C9H17N3O5/c1-10-7(13)5-11-9(16)12-6(8(14)15)3-4-17-2/h6H,3-5H2,1-2H3,(H,10,13)(H,14,15)(H2,11,12,16). The lowest BCUT2D eigenvalue weighted by Gasteiger charge is -2.14. The van der Waals surface area contributed by atoms with Gasteiger partial charge in [-0.05, 0) is 0 Å². The van der Waals surface area contributed by atoms with Gasteiger partial charge in [0.25, 0.3) is 0 Å². The first-order chi connectivity index (χ1) is 8.01. The highest BCUT2D eigenvalue weighted by molar-refractivity contribution is 5.86. The number of nitrogens with one attached hydrogen (secondary N) is 3. The molecule has 1 atom stereocenters. The minimum Gasteiger partial charge on any atom is -0.480 e. The molecule has 0 aromatic carbocycles. The Kier molecular flexibility index (Phi) is 7.44. The summed E-state index contributed by atoms with van der Waals surface area (Å²) in [5.74, 6) is -1.53. The minimum atomic E-state index is -1.16. The average Bonchev–Trinajstić information content (AvgIpc) is 2.30. The quantitative estimate of drug-likeness (QED) is 0.438. The normalized spacial score (nSPS) is 11.4. The maximum absolute atomic E-state index is 11.2. The lowest BCUT2D eigenvalue weighted by Crippen LogP contribution is -2.48. The summed E-state index contributed by atoms with van der Waals surface area (Å²) < 4.78 is 4.72. The highest BCUT2D eigenvalue weighted by Crippen LogP contribution is 1.92. The second-order valence-electron chi connectivity index (χ2n) is 3.17. The predicted molar refractivity (Wildman–Crippen MR) is 58.5 cm³/mol. The van der Waals surface area contributed by atoms with Crippen LogP contribution < -0.4 is 16.0 Å². The smallest absolute Gasteiger partial charge is 0.326 e. The number of carboxylic acids is 1. The maximum Gasteiger partial charge on any atom is 0.326 e. The van der Waals surface area contributed by atoms with Crippen LogP contribution in [0.5, 0.6) is 0 Å². The number of urea groups is 1. The van der Waals surface area contributed by atoms with Crippen LogP contribution in [0.4, 0.5) is 4.79 Å². The summed E-state index contributed by atoms with van der Waals surface area (Å²) in [6.07, 6.45) is 0.152. The predicted octanol–water partition coefficient (Wildman–Crippen LogP) is -1.48. The summed E-state index contributed by atoms with van der Waals surface area (Å²) in [6, 6.07) is -1.75. The van der Waals surface area contributed by atoms with Gasteiger partial charge in [0.15, 0.2) is 0 Å². The summed E-state index contributed by atoms with van der Waals surface area (Å²) in [6.45, 7) is 0.00560. The van der Waals surface area contributed by atoms with Gasteiger partial charge in [-0.3, -0.25) is 4.79 Å². The molecule has 1 unspecified atom stereocenters. The molecule has 0 saturated carbocycles. The average molecular weight is 247 g/mol. The van der Waals surface area contributed by atoms with Crippen LogP contribution in [-0.2, 0) is 14.3 Å². The van der Waals surface area contributed by atoms with Crippen molar-refractivity contribution >= 4 is 17.9 Å². The van der Waals surface area contributed by atoms with Crippen molar-refractivity contribution in [1.82, 2.24) is 16.0 Å². The third kappa shape index (κ3) is 7.12. The second kappa shape index (κ2) is 8.34. The number of carbonyl (C=O) groups is 3. The van der Waals surface area contributed by atoms with Crippen LogP contribution in [0.15, 0.2) is 0 Å². The Morgan fingerprint density at radius 3 is 2.47 bits per heavy atom. The monoisotopic (exact) mass is 247 g/mol.